The van der Waals surface area contributed by atoms with Crippen molar-refractivity contribution in [1.82, 2.24) is 4.57 Å². The molecule has 0 radical (unpaired) electrons. The second kappa shape index (κ2) is 7.97. The van der Waals surface area contributed by atoms with Gasteiger partial charge in [-0.2, -0.15) is 0 Å². The Morgan fingerprint density at radius 2 is 1.52 bits per heavy atom. The number of benzene rings is 3. The van der Waals surface area contributed by atoms with Gasteiger partial charge in [0, 0.05) is 41.5 Å². The lowest BCUT2D eigenvalue weighted by Crippen LogP contribution is -2.24. The van der Waals surface area contributed by atoms with Gasteiger partial charge in [0.2, 0.25) is 5.91 Å². The number of rotatable bonds is 6. The molecule has 0 aliphatic carbocycles. The lowest BCUT2D eigenvalue weighted by atomic mass is 10.2. The number of hydrogen-bond acceptors (Lipinski definition) is 3. The predicted octanol–water partition coefficient (Wildman–Crippen LogP) is 4.22. The molecule has 4 rings (SSSR count). The van der Waals surface area contributed by atoms with Crippen LogP contribution < -0.4 is 9.64 Å². The maximum atomic E-state index is 11.4. The molecule has 0 aliphatic heterocycles. The van der Waals surface area contributed by atoms with E-state index in [9.17, 15) is 9.90 Å². The van der Waals surface area contributed by atoms with Crippen molar-refractivity contribution in [3.8, 4) is 5.75 Å². The molecule has 29 heavy (non-hydrogen) atoms. The van der Waals surface area contributed by atoms with E-state index >= 15 is 0 Å². The first kappa shape index (κ1) is 19.0. The maximum Gasteiger partial charge on any atom is 0.223 e. The van der Waals surface area contributed by atoms with Gasteiger partial charge >= 0.3 is 0 Å². The first-order valence-corrected chi connectivity index (χ1v) is 9.66. The number of nitrogens with zero attached hydrogens (tertiary/aromatic N) is 2. The molecule has 0 fully saturated rings. The number of carbonyl (C=O) groups excluding carboxylic acids is 1. The Hall–Kier alpha value is -3.31. The summed E-state index contributed by atoms with van der Waals surface area (Å²) in [7, 11) is 1.73. The van der Waals surface area contributed by atoms with Crippen LogP contribution in [0.5, 0.6) is 5.75 Å². The zero-order valence-corrected chi connectivity index (χ0v) is 16.6. The zero-order valence-electron chi connectivity index (χ0n) is 16.6. The van der Waals surface area contributed by atoms with E-state index in [2.05, 4.69) is 28.8 Å². The van der Waals surface area contributed by atoms with E-state index in [1.807, 2.05) is 48.5 Å². The zero-order chi connectivity index (χ0) is 20.4. The van der Waals surface area contributed by atoms with Crippen molar-refractivity contribution < 1.29 is 14.6 Å². The van der Waals surface area contributed by atoms with Crippen LogP contribution in [0.15, 0.2) is 72.8 Å². The van der Waals surface area contributed by atoms with E-state index in [1.165, 1.54) is 17.7 Å². The first-order chi connectivity index (χ1) is 14.0. The van der Waals surface area contributed by atoms with Crippen molar-refractivity contribution in [2.45, 2.75) is 19.6 Å². The van der Waals surface area contributed by atoms with Gasteiger partial charge in [0.25, 0.3) is 0 Å². The minimum Gasteiger partial charge on any atom is -0.491 e. The third-order valence-corrected chi connectivity index (χ3v) is 5.21. The second-order valence-corrected chi connectivity index (χ2v) is 7.18. The Balaban J connectivity index is 1.48. The fourth-order valence-electron chi connectivity index (χ4n) is 3.60. The quantitative estimate of drug-likeness (QED) is 0.538. The summed E-state index contributed by atoms with van der Waals surface area (Å²) in [5, 5.41) is 13.0. The highest BCUT2D eigenvalue weighted by molar-refractivity contribution is 6.07. The Kier molecular flexibility index (Phi) is 5.23. The van der Waals surface area contributed by atoms with E-state index in [0.29, 0.717) is 12.3 Å². The predicted molar refractivity (Wildman–Crippen MR) is 116 cm³/mol. The fraction of sp³-hybridized carbons (Fsp3) is 0.208. The summed E-state index contributed by atoms with van der Waals surface area (Å²) >= 11 is 0. The number of carbonyl (C=O) groups is 1. The number of aliphatic hydroxyl groups is 1. The molecule has 1 heterocycles. The van der Waals surface area contributed by atoms with E-state index in [4.69, 9.17) is 4.74 Å². The third-order valence-electron chi connectivity index (χ3n) is 5.21. The summed E-state index contributed by atoms with van der Waals surface area (Å²) in [5.41, 5.74) is 3.00. The highest BCUT2D eigenvalue weighted by Crippen LogP contribution is 2.29. The number of ether oxygens (including phenoxy) is 1. The van der Waals surface area contributed by atoms with Crippen molar-refractivity contribution >= 4 is 33.4 Å². The SMILES string of the molecule is CC(=O)N(C)c1ccc(OCC(O)Cn2c3ccccc3c3ccccc32)cc1. The molecule has 148 valence electrons. The fourth-order valence-corrected chi connectivity index (χ4v) is 3.60. The number of aliphatic hydroxyl groups excluding tert-OH is 1. The second-order valence-electron chi connectivity index (χ2n) is 7.18. The number of amides is 1. The molecule has 4 aromatic rings. The minimum absolute atomic E-state index is 0.0275. The molecule has 0 aliphatic rings. The van der Waals surface area contributed by atoms with Gasteiger partial charge in [-0.3, -0.25) is 4.79 Å². The van der Waals surface area contributed by atoms with Crippen LogP contribution in [-0.4, -0.2) is 35.3 Å². The van der Waals surface area contributed by atoms with Gasteiger partial charge < -0.3 is 19.3 Å². The van der Waals surface area contributed by atoms with Crippen LogP contribution in [0.1, 0.15) is 6.92 Å². The van der Waals surface area contributed by atoms with Gasteiger partial charge in [-0.15, -0.1) is 0 Å². The Morgan fingerprint density at radius 3 is 2.07 bits per heavy atom. The molecule has 3 aromatic carbocycles. The van der Waals surface area contributed by atoms with Crippen molar-refractivity contribution in [3.63, 3.8) is 0 Å². The summed E-state index contributed by atoms with van der Waals surface area (Å²) in [6.45, 7) is 2.15. The van der Waals surface area contributed by atoms with Crippen molar-refractivity contribution in [2.75, 3.05) is 18.6 Å². The summed E-state index contributed by atoms with van der Waals surface area (Å²) < 4.78 is 7.91. The van der Waals surface area contributed by atoms with Gasteiger partial charge in [0.1, 0.15) is 18.5 Å². The topological polar surface area (TPSA) is 54.7 Å². The van der Waals surface area contributed by atoms with Gasteiger partial charge in [-0.25, -0.2) is 0 Å². The van der Waals surface area contributed by atoms with Crippen molar-refractivity contribution in [1.29, 1.82) is 0 Å². The first-order valence-electron chi connectivity index (χ1n) is 9.66. The Morgan fingerprint density at radius 1 is 0.966 bits per heavy atom. The number of hydrogen-bond donors (Lipinski definition) is 1. The number of para-hydroxylation sites is 2. The highest BCUT2D eigenvalue weighted by atomic mass is 16.5. The van der Waals surface area contributed by atoms with Crippen molar-refractivity contribution in [3.05, 3.63) is 72.8 Å². The van der Waals surface area contributed by atoms with Crippen LogP contribution in [0.4, 0.5) is 5.69 Å². The largest absolute Gasteiger partial charge is 0.491 e. The molecule has 1 atom stereocenters. The molecule has 5 nitrogen and oxygen atoms in total. The Labute approximate surface area is 169 Å². The molecule has 0 spiro atoms. The standard InChI is InChI=1S/C24H24N2O3/c1-17(27)25(2)18-11-13-20(14-12-18)29-16-19(28)15-26-23-9-5-3-7-21(23)22-8-4-6-10-24(22)26/h3-14,19,28H,15-16H2,1-2H3. The lowest BCUT2D eigenvalue weighted by Gasteiger charge is -2.17. The number of fused-ring (bicyclic) bond motifs is 3. The van der Waals surface area contributed by atoms with Crippen LogP contribution in [0, 0.1) is 0 Å². The molecule has 0 bridgehead atoms. The minimum atomic E-state index is -0.659. The van der Waals surface area contributed by atoms with Gasteiger partial charge in [0.15, 0.2) is 0 Å². The molecule has 1 unspecified atom stereocenters. The average molecular weight is 388 g/mol. The highest BCUT2D eigenvalue weighted by Gasteiger charge is 2.14. The van der Waals surface area contributed by atoms with E-state index in [-0.39, 0.29) is 12.5 Å². The normalized spacial score (nSPS) is 12.2. The number of anilines is 1. The number of aromatic nitrogens is 1. The Bertz CT molecular complexity index is 1090. The molecular formula is C24H24N2O3. The summed E-state index contributed by atoms with van der Waals surface area (Å²) in [5.74, 6) is 0.632. The van der Waals surface area contributed by atoms with Crippen LogP contribution in [0.3, 0.4) is 0 Å². The van der Waals surface area contributed by atoms with E-state index in [0.717, 1.165) is 16.7 Å². The molecule has 5 heteroatoms. The van der Waals surface area contributed by atoms with Crippen LogP contribution >= 0.6 is 0 Å². The summed E-state index contributed by atoms with van der Waals surface area (Å²) in [6, 6.07) is 23.7. The monoisotopic (exact) mass is 388 g/mol. The molecule has 0 saturated carbocycles. The molecule has 0 saturated heterocycles. The van der Waals surface area contributed by atoms with Crippen LogP contribution in [0.25, 0.3) is 21.8 Å². The molecule has 1 aromatic heterocycles. The smallest absolute Gasteiger partial charge is 0.223 e. The maximum absolute atomic E-state index is 11.4. The van der Waals surface area contributed by atoms with E-state index < -0.39 is 6.10 Å². The molecular weight excluding hydrogens is 364 g/mol. The van der Waals surface area contributed by atoms with Crippen LogP contribution in [-0.2, 0) is 11.3 Å². The lowest BCUT2D eigenvalue weighted by molar-refractivity contribution is -0.116. The van der Waals surface area contributed by atoms with Crippen LogP contribution in [0.2, 0.25) is 0 Å². The average Bonchev–Trinajstić information content (AvgIpc) is 3.06. The summed E-state index contributed by atoms with van der Waals surface area (Å²) in [6.07, 6.45) is -0.659. The van der Waals surface area contributed by atoms with Gasteiger partial charge in [-0.1, -0.05) is 36.4 Å². The molecule has 1 amide bonds. The summed E-state index contributed by atoms with van der Waals surface area (Å²) in [4.78, 5) is 13.0. The van der Waals surface area contributed by atoms with E-state index in [1.54, 1.807) is 11.9 Å². The van der Waals surface area contributed by atoms with Gasteiger partial charge in [-0.05, 0) is 36.4 Å². The van der Waals surface area contributed by atoms with Gasteiger partial charge in [0.05, 0.1) is 6.54 Å². The third kappa shape index (κ3) is 3.82. The molecule has 1 N–H and O–H groups in total. The van der Waals surface area contributed by atoms with Crippen molar-refractivity contribution in [2.24, 2.45) is 0 Å².